The molecular formula is C9H14N2. The van der Waals surface area contributed by atoms with Gasteiger partial charge in [0.2, 0.25) is 0 Å². The van der Waals surface area contributed by atoms with Crippen molar-refractivity contribution in [2.24, 2.45) is 0 Å². The zero-order valence-corrected chi connectivity index (χ0v) is 7.31. The fraction of sp³-hybridized carbons (Fsp3) is 0.444. The number of nitrogens with one attached hydrogen (secondary N) is 1. The normalized spacial score (nSPS) is 9.73. The highest BCUT2D eigenvalue weighted by molar-refractivity contribution is 5.43. The molecule has 0 aliphatic rings. The summed E-state index contributed by atoms with van der Waals surface area (Å²) in [7, 11) is 0. The molecule has 1 N–H and O–H groups in total. The molecule has 0 saturated heterocycles. The SMILES string of the molecule is CCNc1nc(C)ccc1C. The van der Waals surface area contributed by atoms with Gasteiger partial charge >= 0.3 is 0 Å². The molecule has 2 nitrogen and oxygen atoms in total. The summed E-state index contributed by atoms with van der Waals surface area (Å²) in [4.78, 5) is 4.35. The average Bonchev–Trinajstić information content (AvgIpc) is 1.98. The number of hydrogen-bond donors (Lipinski definition) is 1. The fourth-order valence-corrected chi connectivity index (χ4v) is 0.973. The second kappa shape index (κ2) is 3.37. The van der Waals surface area contributed by atoms with Crippen LogP contribution in [0.4, 0.5) is 5.82 Å². The first-order chi connectivity index (χ1) is 5.24. The van der Waals surface area contributed by atoms with Gasteiger partial charge in [-0.1, -0.05) is 6.07 Å². The maximum Gasteiger partial charge on any atom is 0.129 e. The molecule has 0 aromatic carbocycles. The van der Waals surface area contributed by atoms with E-state index in [1.54, 1.807) is 0 Å². The van der Waals surface area contributed by atoms with Gasteiger partial charge in [0, 0.05) is 12.2 Å². The van der Waals surface area contributed by atoms with Gasteiger partial charge in [0.25, 0.3) is 0 Å². The lowest BCUT2D eigenvalue weighted by atomic mass is 10.2. The summed E-state index contributed by atoms with van der Waals surface area (Å²) in [5, 5.41) is 3.21. The summed E-state index contributed by atoms with van der Waals surface area (Å²) in [5.41, 5.74) is 2.27. The van der Waals surface area contributed by atoms with Crippen LogP contribution in [0.3, 0.4) is 0 Å². The van der Waals surface area contributed by atoms with Crippen molar-refractivity contribution in [2.75, 3.05) is 11.9 Å². The quantitative estimate of drug-likeness (QED) is 0.698. The van der Waals surface area contributed by atoms with Crippen molar-refractivity contribution in [2.45, 2.75) is 20.8 Å². The van der Waals surface area contributed by atoms with E-state index in [9.17, 15) is 0 Å². The molecule has 0 fully saturated rings. The molecule has 0 spiro atoms. The van der Waals surface area contributed by atoms with Gasteiger partial charge in [0.05, 0.1) is 0 Å². The van der Waals surface area contributed by atoms with Crippen LogP contribution in [-0.4, -0.2) is 11.5 Å². The summed E-state index contributed by atoms with van der Waals surface area (Å²) in [6.07, 6.45) is 0. The Morgan fingerprint density at radius 3 is 2.73 bits per heavy atom. The highest BCUT2D eigenvalue weighted by atomic mass is 15.0. The van der Waals surface area contributed by atoms with Gasteiger partial charge in [-0.3, -0.25) is 0 Å². The molecule has 1 heterocycles. The number of hydrogen-bond acceptors (Lipinski definition) is 2. The molecule has 0 radical (unpaired) electrons. The van der Waals surface area contributed by atoms with Crippen LogP contribution in [0.5, 0.6) is 0 Å². The van der Waals surface area contributed by atoms with Crippen LogP contribution in [-0.2, 0) is 0 Å². The molecule has 0 atom stereocenters. The van der Waals surface area contributed by atoms with Crippen molar-refractivity contribution in [1.29, 1.82) is 0 Å². The van der Waals surface area contributed by atoms with E-state index in [1.807, 2.05) is 13.0 Å². The van der Waals surface area contributed by atoms with Crippen molar-refractivity contribution < 1.29 is 0 Å². The van der Waals surface area contributed by atoms with E-state index < -0.39 is 0 Å². The monoisotopic (exact) mass is 150 g/mol. The highest BCUT2D eigenvalue weighted by Crippen LogP contribution is 2.10. The van der Waals surface area contributed by atoms with Gasteiger partial charge in [-0.15, -0.1) is 0 Å². The third-order valence-corrected chi connectivity index (χ3v) is 1.58. The summed E-state index contributed by atoms with van der Waals surface area (Å²) >= 11 is 0. The average molecular weight is 150 g/mol. The predicted molar refractivity (Wildman–Crippen MR) is 47.9 cm³/mol. The number of rotatable bonds is 2. The maximum atomic E-state index is 4.35. The molecule has 0 saturated carbocycles. The first-order valence-electron chi connectivity index (χ1n) is 3.92. The molecule has 0 aliphatic heterocycles. The molecule has 11 heavy (non-hydrogen) atoms. The largest absolute Gasteiger partial charge is 0.370 e. The Morgan fingerprint density at radius 2 is 2.09 bits per heavy atom. The highest BCUT2D eigenvalue weighted by Gasteiger charge is 1.96. The second-order valence-electron chi connectivity index (χ2n) is 2.65. The molecule has 1 aromatic heterocycles. The Labute approximate surface area is 67.7 Å². The Morgan fingerprint density at radius 1 is 1.36 bits per heavy atom. The molecular weight excluding hydrogens is 136 g/mol. The van der Waals surface area contributed by atoms with Crippen LogP contribution < -0.4 is 5.32 Å². The Balaban J connectivity index is 2.93. The number of nitrogens with zero attached hydrogens (tertiary/aromatic N) is 1. The summed E-state index contributed by atoms with van der Waals surface area (Å²) in [6, 6.07) is 4.11. The topological polar surface area (TPSA) is 24.9 Å². The fourth-order valence-electron chi connectivity index (χ4n) is 0.973. The van der Waals surface area contributed by atoms with Gasteiger partial charge < -0.3 is 5.32 Å². The van der Waals surface area contributed by atoms with E-state index >= 15 is 0 Å². The van der Waals surface area contributed by atoms with Crippen molar-refractivity contribution in [3.63, 3.8) is 0 Å². The van der Waals surface area contributed by atoms with Crippen LogP contribution in [0.25, 0.3) is 0 Å². The molecule has 0 unspecified atom stereocenters. The van der Waals surface area contributed by atoms with Crippen molar-refractivity contribution in [1.82, 2.24) is 4.98 Å². The minimum Gasteiger partial charge on any atom is -0.370 e. The first kappa shape index (κ1) is 8.05. The van der Waals surface area contributed by atoms with Crippen molar-refractivity contribution in [3.8, 4) is 0 Å². The maximum absolute atomic E-state index is 4.35. The Bertz CT molecular complexity index is 243. The van der Waals surface area contributed by atoms with Gasteiger partial charge in [0.15, 0.2) is 0 Å². The molecule has 0 amide bonds. The van der Waals surface area contributed by atoms with E-state index in [0.717, 1.165) is 18.1 Å². The van der Waals surface area contributed by atoms with Crippen LogP contribution in [0.2, 0.25) is 0 Å². The zero-order chi connectivity index (χ0) is 8.27. The lowest BCUT2D eigenvalue weighted by Crippen LogP contribution is -2.01. The summed E-state index contributed by atoms with van der Waals surface area (Å²) in [5.74, 6) is 1.01. The van der Waals surface area contributed by atoms with Crippen LogP contribution in [0.1, 0.15) is 18.2 Å². The minimum atomic E-state index is 0.928. The predicted octanol–water partition coefficient (Wildman–Crippen LogP) is 2.13. The van der Waals surface area contributed by atoms with E-state index in [-0.39, 0.29) is 0 Å². The van der Waals surface area contributed by atoms with Gasteiger partial charge in [0.1, 0.15) is 5.82 Å². The molecule has 2 heteroatoms. The van der Waals surface area contributed by atoms with Crippen LogP contribution in [0, 0.1) is 13.8 Å². The third-order valence-electron chi connectivity index (χ3n) is 1.58. The minimum absolute atomic E-state index is 0.928. The number of aryl methyl sites for hydroxylation is 2. The van der Waals surface area contributed by atoms with Crippen LogP contribution >= 0.6 is 0 Å². The van der Waals surface area contributed by atoms with Crippen molar-refractivity contribution in [3.05, 3.63) is 23.4 Å². The van der Waals surface area contributed by atoms with E-state index in [2.05, 4.69) is 30.2 Å². The molecule has 1 aromatic rings. The Kier molecular flexibility index (Phi) is 2.47. The number of anilines is 1. The Hall–Kier alpha value is -1.05. The molecule has 60 valence electrons. The molecule has 1 rings (SSSR count). The van der Waals surface area contributed by atoms with Gasteiger partial charge in [-0.25, -0.2) is 4.98 Å². The smallest absolute Gasteiger partial charge is 0.129 e. The summed E-state index contributed by atoms with van der Waals surface area (Å²) in [6.45, 7) is 7.06. The van der Waals surface area contributed by atoms with Gasteiger partial charge in [-0.05, 0) is 32.4 Å². The third kappa shape index (κ3) is 1.93. The van der Waals surface area contributed by atoms with Gasteiger partial charge in [-0.2, -0.15) is 0 Å². The van der Waals surface area contributed by atoms with E-state index in [4.69, 9.17) is 0 Å². The van der Waals surface area contributed by atoms with E-state index in [0.29, 0.717) is 0 Å². The number of aromatic nitrogens is 1. The summed E-state index contributed by atoms with van der Waals surface area (Å²) < 4.78 is 0. The van der Waals surface area contributed by atoms with Crippen LogP contribution in [0.15, 0.2) is 12.1 Å². The molecule has 0 bridgehead atoms. The standard InChI is InChI=1S/C9H14N2/c1-4-10-9-7(2)5-6-8(3)11-9/h5-6H,4H2,1-3H3,(H,10,11). The lowest BCUT2D eigenvalue weighted by Gasteiger charge is -2.05. The van der Waals surface area contributed by atoms with Crippen molar-refractivity contribution >= 4 is 5.82 Å². The number of pyridine rings is 1. The zero-order valence-electron chi connectivity index (χ0n) is 7.31. The molecule has 0 aliphatic carbocycles. The van der Waals surface area contributed by atoms with E-state index in [1.165, 1.54) is 5.56 Å². The second-order valence-corrected chi connectivity index (χ2v) is 2.65. The lowest BCUT2D eigenvalue weighted by molar-refractivity contribution is 1.10. The first-order valence-corrected chi connectivity index (χ1v) is 3.92.